The number of aliphatic hydroxyl groups is 3. The summed E-state index contributed by atoms with van der Waals surface area (Å²) in [6, 6.07) is 0. The molecule has 0 aliphatic rings. The SMILES string of the molecule is CCCCCCCCCCCCNC[C@@H](O)C[C@H](O)CO. The summed E-state index contributed by atoms with van der Waals surface area (Å²) >= 11 is 0. The topological polar surface area (TPSA) is 72.7 Å². The summed E-state index contributed by atoms with van der Waals surface area (Å²) in [5.74, 6) is 0. The van der Waals surface area contributed by atoms with Gasteiger partial charge in [0.1, 0.15) is 0 Å². The van der Waals surface area contributed by atoms with Crippen LogP contribution >= 0.6 is 0 Å². The van der Waals surface area contributed by atoms with Crippen molar-refractivity contribution in [1.82, 2.24) is 5.32 Å². The molecule has 0 bridgehead atoms. The third-order valence-corrected chi connectivity index (χ3v) is 3.84. The Bertz CT molecular complexity index is 202. The standard InChI is InChI=1S/C17H37NO3/c1-2-3-4-5-6-7-8-9-10-11-12-18-14-16(20)13-17(21)15-19/h16-21H,2-15H2,1H3/t16-,17-/m0/s1. The fourth-order valence-electron chi connectivity index (χ4n) is 2.48. The first-order chi connectivity index (χ1) is 10.2. The highest BCUT2D eigenvalue weighted by atomic mass is 16.3. The van der Waals surface area contributed by atoms with E-state index >= 15 is 0 Å². The predicted molar refractivity (Wildman–Crippen MR) is 88.4 cm³/mol. The van der Waals surface area contributed by atoms with Crippen molar-refractivity contribution in [3.05, 3.63) is 0 Å². The van der Waals surface area contributed by atoms with E-state index < -0.39 is 12.2 Å². The van der Waals surface area contributed by atoms with Gasteiger partial charge in [-0.25, -0.2) is 0 Å². The molecule has 0 aromatic rings. The van der Waals surface area contributed by atoms with Crippen molar-refractivity contribution in [3.8, 4) is 0 Å². The van der Waals surface area contributed by atoms with Crippen molar-refractivity contribution in [2.24, 2.45) is 0 Å². The second kappa shape index (κ2) is 16.2. The van der Waals surface area contributed by atoms with E-state index in [4.69, 9.17) is 5.11 Å². The summed E-state index contributed by atoms with van der Waals surface area (Å²) in [6.07, 6.45) is 12.2. The molecule has 0 heterocycles. The Morgan fingerprint density at radius 3 is 1.81 bits per heavy atom. The Kier molecular flexibility index (Phi) is 16.1. The van der Waals surface area contributed by atoms with Gasteiger partial charge in [0.15, 0.2) is 0 Å². The molecular formula is C17H37NO3. The first kappa shape index (κ1) is 20.8. The summed E-state index contributed by atoms with van der Waals surface area (Å²) in [4.78, 5) is 0. The fourth-order valence-corrected chi connectivity index (χ4v) is 2.48. The lowest BCUT2D eigenvalue weighted by atomic mass is 10.1. The zero-order valence-electron chi connectivity index (χ0n) is 13.9. The largest absolute Gasteiger partial charge is 0.394 e. The quantitative estimate of drug-likeness (QED) is 0.331. The van der Waals surface area contributed by atoms with E-state index in [0.717, 1.165) is 13.0 Å². The highest BCUT2D eigenvalue weighted by Crippen LogP contribution is 2.10. The average molecular weight is 303 g/mol. The van der Waals surface area contributed by atoms with Gasteiger partial charge in [-0.3, -0.25) is 0 Å². The monoisotopic (exact) mass is 303 g/mol. The molecular weight excluding hydrogens is 266 g/mol. The maximum absolute atomic E-state index is 9.58. The van der Waals surface area contributed by atoms with E-state index in [0.29, 0.717) is 6.54 Å². The van der Waals surface area contributed by atoms with Crippen LogP contribution < -0.4 is 5.32 Å². The van der Waals surface area contributed by atoms with Crippen LogP contribution in [0.5, 0.6) is 0 Å². The molecule has 0 aliphatic heterocycles. The van der Waals surface area contributed by atoms with Gasteiger partial charge in [-0.15, -0.1) is 0 Å². The van der Waals surface area contributed by atoms with Gasteiger partial charge in [0.05, 0.1) is 18.8 Å². The minimum absolute atomic E-state index is 0.238. The van der Waals surface area contributed by atoms with E-state index in [1.54, 1.807) is 0 Å². The normalized spacial score (nSPS) is 14.3. The third kappa shape index (κ3) is 16.0. The van der Waals surface area contributed by atoms with Gasteiger partial charge < -0.3 is 20.6 Å². The average Bonchev–Trinajstić information content (AvgIpc) is 2.48. The number of hydrogen-bond acceptors (Lipinski definition) is 4. The highest BCUT2D eigenvalue weighted by molar-refractivity contribution is 4.65. The molecule has 2 atom stereocenters. The molecule has 0 saturated heterocycles. The number of nitrogens with one attached hydrogen (secondary N) is 1. The van der Waals surface area contributed by atoms with Crippen LogP contribution in [0.1, 0.15) is 77.6 Å². The molecule has 4 heteroatoms. The minimum atomic E-state index is -0.806. The van der Waals surface area contributed by atoms with Gasteiger partial charge >= 0.3 is 0 Å². The molecule has 0 amide bonds. The smallest absolute Gasteiger partial charge is 0.0796 e. The summed E-state index contributed by atoms with van der Waals surface area (Å²) < 4.78 is 0. The van der Waals surface area contributed by atoms with Crippen LogP contribution in [-0.4, -0.2) is 47.2 Å². The number of unbranched alkanes of at least 4 members (excludes halogenated alkanes) is 9. The van der Waals surface area contributed by atoms with Crippen LogP contribution in [0.25, 0.3) is 0 Å². The molecule has 4 nitrogen and oxygen atoms in total. The van der Waals surface area contributed by atoms with Gasteiger partial charge in [-0.05, 0) is 13.0 Å². The van der Waals surface area contributed by atoms with E-state index in [1.807, 2.05) is 0 Å². The predicted octanol–water partition coefficient (Wildman–Crippen LogP) is 2.60. The molecule has 0 rings (SSSR count). The third-order valence-electron chi connectivity index (χ3n) is 3.84. The van der Waals surface area contributed by atoms with E-state index in [-0.39, 0.29) is 13.0 Å². The Labute approximate surface area is 131 Å². The summed E-state index contributed by atoms with van der Waals surface area (Å²) in [5.41, 5.74) is 0. The molecule has 0 unspecified atom stereocenters. The van der Waals surface area contributed by atoms with Crippen LogP contribution in [-0.2, 0) is 0 Å². The molecule has 0 aromatic heterocycles. The fraction of sp³-hybridized carbons (Fsp3) is 1.00. The van der Waals surface area contributed by atoms with Crippen LogP contribution in [0.2, 0.25) is 0 Å². The number of aliphatic hydroxyl groups excluding tert-OH is 3. The van der Waals surface area contributed by atoms with Crippen LogP contribution in [0.3, 0.4) is 0 Å². The Balaban J connectivity index is 3.12. The first-order valence-corrected chi connectivity index (χ1v) is 8.88. The van der Waals surface area contributed by atoms with Crippen molar-refractivity contribution in [1.29, 1.82) is 0 Å². The van der Waals surface area contributed by atoms with Crippen molar-refractivity contribution in [2.75, 3.05) is 19.7 Å². The Hall–Kier alpha value is -0.160. The van der Waals surface area contributed by atoms with Gasteiger partial charge in [0.25, 0.3) is 0 Å². The Morgan fingerprint density at radius 1 is 0.762 bits per heavy atom. The lowest BCUT2D eigenvalue weighted by molar-refractivity contribution is 0.0419. The molecule has 21 heavy (non-hydrogen) atoms. The van der Waals surface area contributed by atoms with Gasteiger partial charge in [-0.2, -0.15) is 0 Å². The first-order valence-electron chi connectivity index (χ1n) is 8.88. The van der Waals surface area contributed by atoms with Crippen LogP contribution in [0.15, 0.2) is 0 Å². The van der Waals surface area contributed by atoms with E-state index in [1.165, 1.54) is 57.8 Å². The molecule has 0 aliphatic carbocycles. The zero-order valence-corrected chi connectivity index (χ0v) is 13.9. The summed E-state index contributed by atoms with van der Waals surface area (Å²) in [5, 5.41) is 30.6. The molecule has 4 N–H and O–H groups in total. The van der Waals surface area contributed by atoms with Crippen LogP contribution in [0, 0.1) is 0 Å². The molecule has 0 aromatic carbocycles. The van der Waals surface area contributed by atoms with Crippen molar-refractivity contribution >= 4 is 0 Å². The molecule has 0 saturated carbocycles. The zero-order chi connectivity index (χ0) is 15.8. The molecule has 0 radical (unpaired) electrons. The Morgan fingerprint density at radius 2 is 1.29 bits per heavy atom. The molecule has 0 spiro atoms. The van der Waals surface area contributed by atoms with Gasteiger partial charge in [-0.1, -0.05) is 64.7 Å². The van der Waals surface area contributed by atoms with Crippen molar-refractivity contribution in [2.45, 2.75) is 89.8 Å². The summed E-state index contributed by atoms with van der Waals surface area (Å²) in [6.45, 7) is 3.38. The molecule has 128 valence electrons. The lowest BCUT2D eigenvalue weighted by Crippen LogP contribution is -2.31. The minimum Gasteiger partial charge on any atom is -0.394 e. The van der Waals surface area contributed by atoms with Gasteiger partial charge in [0.2, 0.25) is 0 Å². The molecule has 0 fully saturated rings. The number of hydrogen-bond donors (Lipinski definition) is 4. The highest BCUT2D eigenvalue weighted by Gasteiger charge is 2.09. The van der Waals surface area contributed by atoms with Gasteiger partial charge in [0, 0.05) is 13.0 Å². The maximum atomic E-state index is 9.58. The van der Waals surface area contributed by atoms with E-state index in [9.17, 15) is 10.2 Å². The number of rotatable bonds is 16. The van der Waals surface area contributed by atoms with E-state index in [2.05, 4.69) is 12.2 Å². The second-order valence-electron chi connectivity index (χ2n) is 6.11. The summed E-state index contributed by atoms with van der Waals surface area (Å²) in [7, 11) is 0. The maximum Gasteiger partial charge on any atom is 0.0796 e. The van der Waals surface area contributed by atoms with Crippen molar-refractivity contribution in [3.63, 3.8) is 0 Å². The van der Waals surface area contributed by atoms with Crippen molar-refractivity contribution < 1.29 is 15.3 Å². The lowest BCUT2D eigenvalue weighted by Gasteiger charge is -2.14. The van der Waals surface area contributed by atoms with Crippen LogP contribution in [0.4, 0.5) is 0 Å². The second-order valence-corrected chi connectivity index (χ2v) is 6.11.